The molecular weight excluding hydrogens is 568 g/mol. The zero-order valence-electron chi connectivity index (χ0n) is 24.5. The normalized spacial score (nSPS) is 14.5. The van der Waals surface area contributed by atoms with Crippen LogP contribution in [0.25, 0.3) is 0 Å². The van der Waals surface area contributed by atoms with Gasteiger partial charge in [-0.2, -0.15) is 0 Å². The molecule has 228 valence electrons. The zero-order chi connectivity index (χ0) is 31.0. The third kappa shape index (κ3) is 8.87. The third-order valence-electron chi connectivity index (χ3n) is 7.70. The summed E-state index contributed by atoms with van der Waals surface area (Å²) in [7, 11) is -4.03. The molecule has 0 aliphatic heterocycles. The molecule has 4 rings (SSSR count). The van der Waals surface area contributed by atoms with Crippen LogP contribution in [0.5, 0.6) is 0 Å². The average molecular weight is 607 g/mol. The summed E-state index contributed by atoms with van der Waals surface area (Å²) in [4.78, 5) is 40.4. The lowest BCUT2D eigenvalue weighted by Gasteiger charge is -2.35. The Morgan fingerprint density at radius 2 is 1.63 bits per heavy atom. The van der Waals surface area contributed by atoms with Crippen LogP contribution in [0.4, 0.5) is 11.4 Å². The minimum atomic E-state index is -4.03. The number of hydrogen-bond acceptors (Lipinski definition) is 6. The Balaban J connectivity index is 1.73. The lowest BCUT2D eigenvalue weighted by atomic mass is 9.94. The number of carbonyl (C=O) groups is 2. The number of non-ortho nitro benzene ring substituents is 1. The van der Waals surface area contributed by atoms with Crippen LogP contribution in [0, 0.1) is 17.0 Å². The molecule has 0 saturated heterocycles. The summed E-state index contributed by atoms with van der Waals surface area (Å²) < 4.78 is 26.7. The molecule has 1 saturated carbocycles. The second-order valence-electron chi connectivity index (χ2n) is 11.1. The van der Waals surface area contributed by atoms with Gasteiger partial charge in [-0.05, 0) is 37.0 Å². The first-order chi connectivity index (χ1) is 20.5. The minimum absolute atomic E-state index is 0.00763. The highest BCUT2D eigenvalue weighted by Gasteiger charge is 2.34. The largest absolute Gasteiger partial charge is 0.352 e. The molecular formula is C32H38N4O6S. The Morgan fingerprint density at radius 3 is 2.26 bits per heavy atom. The van der Waals surface area contributed by atoms with E-state index in [4.69, 9.17) is 0 Å². The predicted molar refractivity (Wildman–Crippen MR) is 166 cm³/mol. The number of benzene rings is 3. The maximum atomic E-state index is 14.2. The quantitative estimate of drug-likeness (QED) is 0.234. The number of aryl methyl sites for hydroxylation is 1. The molecule has 1 aliphatic rings. The van der Waals surface area contributed by atoms with Crippen molar-refractivity contribution >= 4 is 33.2 Å². The van der Waals surface area contributed by atoms with E-state index in [9.17, 15) is 28.1 Å². The maximum absolute atomic E-state index is 14.2. The number of nitro groups is 1. The van der Waals surface area contributed by atoms with Gasteiger partial charge in [-0.15, -0.1) is 0 Å². The monoisotopic (exact) mass is 606 g/mol. The molecule has 0 radical (unpaired) electrons. The van der Waals surface area contributed by atoms with Crippen molar-refractivity contribution in [3.05, 3.63) is 106 Å². The van der Waals surface area contributed by atoms with E-state index in [2.05, 4.69) is 5.32 Å². The van der Waals surface area contributed by atoms with Gasteiger partial charge in [0.05, 0.1) is 16.9 Å². The fourth-order valence-corrected chi connectivity index (χ4v) is 6.21. The number of nitrogens with zero attached hydrogens (tertiary/aromatic N) is 3. The summed E-state index contributed by atoms with van der Waals surface area (Å²) in [6.07, 6.45) is 6.07. The van der Waals surface area contributed by atoms with Gasteiger partial charge in [-0.25, -0.2) is 8.42 Å². The van der Waals surface area contributed by atoms with E-state index in [1.54, 1.807) is 0 Å². The van der Waals surface area contributed by atoms with Gasteiger partial charge in [0, 0.05) is 31.1 Å². The van der Waals surface area contributed by atoms with E-state index < -0.39 is 33.4 Å². The van der Waals surface area contributed by atoms with Crippen LogP contribution in [-0.2, 0) is 32.6 Å². The summed E-state index contributed by atoms with van der Waals surface area (Å²) >= 11 is 0. The van der Waals surface area contributed by atoms with E-state index in [0.29, 0.717) is 0 Å². The molecule has 2 amide bonds. The molecule has 0 aromatic heterocycles. The molecule has 0 bridgehead atoms. The summed E-state index contributed by atoms with van der Waals surface area (Å²) in [6, 6.07) is 21.2. The van der Waals surface area contributed by atoms with Gasteiger partial charge in [-0.3, -0.25) is 24.0 Å². The molecule has 1 fully saturated rings. The van der Waals surface area contributed by atoms with Crippen LogP contribution in [0.1, 0.15) is 48.8 Å². The van der Waals surface area contributed by atoms with Crippen LogP contribution < -0.4 is 9.62 Å². The first kappa shape index (κ1) is 31.7. The van der Waals surface area contributed by atoms with Crippen molar-refractivity contribution in [2.24, 2.45) is 0 Å². The van der Waals surface area contributed by atoms with Gasteiger partial charge >= 0.3 is 0 Å². The van der Waals surface area contributed by atoms with E-state index in [-0.39, 0.29) is 36.3 Å². The molecule has 1 atom stereocenters. The molecule has 11 heteroatoms. The standard InChI is InChI=1S/C32H38N4O6S/c1-24-16-18-26(19-17-24)22-34(31(37)23-35(43(2,41)42)28-14-9-15-29(21-28)36(39)40)30(20-25-10-5-3-6-11-25)32(38)33-27-12-7-4-8-13-27/h3,5-6,9-11,14-19,21,27,30H,4,7-8,12-13,20,22-23H2,1-2H3,(H,33,38)/t30-/m1/s1. The van der Waals surface area contributed by atoms with Crippen LogP contribution in [0.15, 0.2) is 78.9 Å². The first-order valence-electron chi connectivity index (χ1n) is 14.4. The Morgan fingerprint density at radius 1 is 0.953 bits per heavy atom. The third-order valence-corrected chi connectivity index (χ3v) is 8.84. The highest BCUT2D eigenvalue weighted by Crippen LogP contribution is 2.25. The summed E-state index contributed by atoms with van der Waals surface area (Å²) in [5, 5.41) is 14.6. The van der Waals surface area contributed by atoms with Crippen LogP contribution in [0.3, 0.4) is 0 Å². The average Bonchev–Trinajstić information content (AvgIpc) is 2.99. The SMILES string of the molecule is Cc1ccc(CN(C(=O)CN(c2cccc([N+](=O)[O-])c2)S(C)(=O)=O)[C@H](Cc2ccccc2)C(=O)NC2CCCCC2)cc1. The van der Waals surface area contributed by atoms with Crippen LogP contribution in [-0.4, -0.2) is 54.9 Å². The Labute approximate surface area is 252 Å². The van der Waals surface area contributed by atoms with Crippen LogP contribution in [0.2, 0.25) is 0 Å². The Hall–Kier alpha value is -4.25. The lowest BCUT2D eigenvalue weighted by Crippen LogP contribution is -2.55. The molecule has 0 spiro atoms. The fraction of sp³-hybridized carbons (Fsp3) is 0.375. The predicted octanol–water partition coefficient (Wildman–Crippen LogP) is 4.76. The number of sulfonamides is 1. The zero-order valence-corrected chi connectivity index (χ0v) is 25.3. The maximum Gasteiger partial charge on any atom is 0.271 e. The van der Waals surface area contributed by atoms with Crippen molar-refractivity contribution < 1.29 is 22.9 Å². The summed E-state index contributed by atoms with van der Waals surface area (Å²) in [5.41, 5.74) is 2.36. The highest BCUT2D eigenvalue weighted by molar-refractivity contribution is 7.92. The smallest absolute Gasteiger partial charge is 0.271 e. The van der Waals surface area contributed by atoms with Gasteiger partial charge < -0.3 is 10.2 Å². The second-order valence-corrected chi connectivity index (χ2v) is 13.0. The number of anilines is 1. The van der Waals surface area contributed by atoms with Crippen molar-refractivity contribution in [1.29, 1.82) is 0 Å². The van der Waals surface area contributed by atoms with Crippen molar-refractivity contribution in [2.75, 3.05) is 17.1 Å². The van der Waals surface area contributed by atoms with Gasteiger partial charge in [0.1, 0.15) is 12.6 Å². The topological polar surface area (TPSA) is 130 Å². The molecule has 10 nitrogen and oxygen atoms in total. The molecule has 1 N–H and O–H groups in total. The second kappa shape index (κ2) is 14.3. The first-order valence-corrected chi connectivity index (χ1v) is 16.3. The van der Waals surface area contributed by atoms with Crippen molar-refractivity contribution in [3.8, 4) is 0 Å². The highest BCUT2D eigenvalue weighted by atomic mass is 32.2. The Bertz CT molecular complexity index is 1520. The van der Waals surface area contributed by atoms with E-state index in [1.165, 1.54) is 23.1 Å². The number of rotatable bonds is 12. The fourth-order valence-electron chi connectivity index (χ4n) is 5.36. The van der Waals surface area contributed by atoms with E-state index in [1.807, 2.05) is 61.5 Å². The number of carbonyl (C=O) groups excluding carboxylic acids is 2. The van der Waals surface area contributed by atoms with Gasteiger partial charge in [0.15, 0.2) is 0 Å². The lowest BCUT2D eigenvalue weighted by molar-refractivity contribution is -0.384. The Kier molecular flexibility index (Phi) is 10.5. The molecule has 1 aliphatic carbocycles. The van der Waals surface area contributed by atoms with E-state index >= 15 is 0 Å². The number of nitro benzene ring substituents is 1. The number of amides is 2. The van der Waals surface area contributed by atoms with Crippen molar-refractivity contribution in [2.45, 2.75) is 64.1 Å². The number of hydrogen-bond donors (Lipinski definition) is 1. The molecule has 3 aromatic rings. The number of nitrogens with one attached hydrogen (secondary N) is 1. The van der Waals surface area contributed by atoms with E-state index in [0.717, 1.165) is 65.4 Å². The molecule has 43 heavy (non-hydrogen) atoms. The van der Waals surface area contributed by atoms with Crippen molar-refractivity contribution in [3.63, 3.8) is 0 Å². The van der Waals surface area contributed by atoms with Gasteiger partial charge in [0.2, 0.25) is 21.8 Å². The van der Waals surface area contributed by atoms with Gasteiger partial charge in [0.25, 0.3) is 5.69 Å². The molecule has 3 aromatic carbocycles. The molecule has 0 unspecified atom stereocenters. The summed E-state index contributed by atoms with van der Waals surface area (Å²) in [6.45, 7) is 1.39. The van der Waals surface area contributed by atoms with Gasteiger partial charge in [-0.1, -0.05) is 85.5 Å². The molecule has 0 heterocycles. The minimum Gasteiger partial charge on any atom is -0.352 e. The van der Waals surface area contributed by atoms with Crippen LogP contribution >= 0.6 is 0 Å². The summed E-state index contributed by atoms with van der Waals surface area (Å²) in [5.74, 6) is -0.894. The van der Waals surface area contributed by atoms with Crippen molar-refractivity contribution in [1.82, 2.24) is 10.2 Å².